The molecule has 0 spiro atoms. The third kappa shape index (κ3) is 3.23. The van der Waals surface area contributed by atoms with Crippen molar-refractivity contribution in [3.05, 3.63) is 73.8 Å². The number of H-pyrrole nitrogens is 1. The van der Waals surface area contributed by atoms with Gasteiger partial charge in [0.25, 0.3) is 5.56 Å². The lowest BCUT2D eigenvalue weighted by Gasteiger charge is -2.28. The Labute approximate surface area is 154 Å². The van der Waals surface area contributed by atoms with Crippen molar-refractivity contribution in [2.75, 3.05) is 6.54 Å². The number of nitrogens with one attached hydrogen (secondary N) is 1. The smallest absolute Gasteiger partial charge is 0.256 e. The summed E-state index contributed by atoms with van der Waals surface area (Å²) in [5.74, 6) is 1.04. The minimum atomic E-state index is -0.127. The summed E-state index contributed by atoms with van der Waals surface area (Å²) in [4.78, 5) is 22.0. The average Bonchev–Trinajstić information content (AvgIpc) is 3.14. The highest BCUT2D eigenvalue weighted by Gasteiger charge is 2.22. The Morgan fingerprint density at radius 3 is 2.92 bits per heavy atom. The monoisotopic (exact) mass is 375 g/mol. The molecule has 0 unspecified atom stereocenters. The summed E-state index contributed by atoms with van der Waals surface area (Å²) in [6.07, 6.45) is 2.26. The molecule has 1 aromatic carbocycles. The van der Waals surface area contributed by atoms with Crippen molar-refractivity contribution in [1.29, 1.82) is 0 Å². The second-order valence-electron chi connectivity index (χ2n) is 5.99. The molecule has 1 N–H and O–H groups in total. The van der Waals surface area contributed by atoms with Crippen LogP contribution in [0, 0.1) is 0 Å². The van der Waals surface area contributed by atoms with E-state index in [9.17, 15) is 4.79 Å². The minimum absolute atomic E-state index is 0.127. The summed E-state index contributed by atoms with van der Waals surface area (Å²) >= 11 is 12.4. The molecular weight excluding hydrogens is 361 g/mol. The van der Waals surface area contributed by atoms with E-state index >= 15 is 0 Å². The van der Waals surface area contributed by atoms with Gasteiger partial charge in [0.05, 0.1) is 27.6 Å². The normalized spacial score (nSPS) is 14.5. The molecule has 128 valence electrons. The van der Waals surface area contributed by atoms with Crippen LogP contribution >= 0.6 is 23.2 Å². The van der Waals surface area contributed by atoms with Gasteiger partial charge in [0.1, 0.15) is 0 Å². The predicted octanol–water partition coefficient (Wildman–Crippen LogP) is 3.90. The van der Waals surface area contributed by atoms with E-state index in [-0.39, 0.29) is 5.56 Å². The molecule has 0 saturated heterocycles. The number of hydrogen-bond donors (Lipinski definition) is 1. The number of aromatic amines is 1. The van der Waals surface area contributed by atoms with Crippen molar-refractivity contribution in [3.63, 3.8) is 0 Å². The first-order valence-electron chi connectivity index (χ1n) is 7.93. The van der Waals surface area contributed by atoms with E-state index in [0.717, 1.165) is 17.8 Å². The van der Waals surface area contributed by atoms with E-state index in [2.05, 4.69) is 14.9 Å². The summed E-state index contributed by atoms with van der Waals surface area (Å²) in [7, 11) is 0. The molecule has 0 bridgehead atoms. The molecule has 0 atom stereocenters. The van der Waals surface area contributed by atoms with E-state index in [4.69, 9.17) is 27.6 Å². The molecule has 3 heterocycles. The molecule has 4 rings (SSSR count). The Kier molecular flexibility index (Phi) is 4.37. The van der Waals surface area contributed by atoms with Crippen molar-refractivity contribution in [1.82, 2.24) is 14.9 Å². The molecule has 0 radical (unpaired) electrons. The van der Waals surface area contributed by atoms with Crippen LogP contribution in [0.2, 0.25) is 10.0 Å². The third-order valence-electron chi connectivity index (χ3n) is 4.33. The van der Waals surface area contributed by atoms with Crippen LogP contribution in [0.3, 0.4) is 0 Å². The van der Waals surface area contributed by atoms with Crippen LogP contribution in [0.15, 0.2) is 45.8 Å². The predicted molar refractivity (Wildman–Crippen MR) is 96.8 cm³/mol. The molecular formula is C18H15Cl2N3O2. The fourth-order valence-corrected chi connectivity index (χ4v) is 3.44. The van der Waals surface area contributed by atoms with Crippen molar-refractivity contribution < 1.29 is 4.42 Å². The van der Waals surface area contributed by atoms with Gasteiger partial charge in [0, 0.05) is 26.1 Å². The topological polar surface area (TPSA) is 62.1 Å². The zero-order valence-electron chi connectivity index (χ0n) is 13.3. The molecule has 1 aliphatic heterocycles. The molecule has 3 aromatic rings. The molecule has 5 nitrogen and oxygen atoms in total. The lowest BCUT2D eigenvalue weighted by atomic mass is 10.1. The zero-order chi connectivity index (χ0) is 17.4. The van der Waals surface area contributed by atoms with Gasteiger partial charge >= 0.3 is 0 Å². The van der Waals surface area contributed by atoms with Crippen LogP contribution in [0.25, 0.3) is 11.6 Å². The van der Waals surface area contributed by atoms with Gasteiger partial charge in [0.2, 0.25) is 0 Å². The molecule has 1 aliphatic rings. The number of hydrogen-bond acceptors (Lipinski definition) is 4. The van der Waals surface area contributed by atoms with Gasteiger partial charge in [-0.2, -0.15) is 0 Å². The standard InChI is InChI=1S/C18H15Cl2N3O2/c19-13-4-1-3-11(16(13)20)9-23-7-6-14-12(10-23)18(24)22-17(21-14)15-5-2-8-25-15/h1-5,8H,6-7,9-10H2,(H,21,22,24). The maximum atomic E-state index is 12.5. The van der Waals surface area contributed by atoms with Gasteiger partial charge < -0.3 is 9.40 Å². The first-order valence-corrected chi connectivity index (χ1v) is 8.68. The second kappa shape index (κ2) is 6.67. The highest BCUT2D eigenvalue weighted by Crippen LogP contribution is 2.28. The van der Waals surface area contributed by atoms with Gasteiger partial charge in [-0.3, -0.25) is 9.69 Å². The summed E-state index contributed by atoms with van der Waals surface area (Å²) < 4.78 is 5.32. The quantitative estimate of drug-likeness (QED) is 0.753. The lowest BCUT2D eigenvalue weighted by molar-refractivity contribution is 0.242. The zero-order valence-corrected chi connectivity index (χ0v) is 14.8. The molecule has 0 amide bonds. The first-order chi connectivity index (χ1) is 12.1. The van der Waals surface area contributed by atoms with Crippen LogP contribution in [-0.2, 0) is 19.5 Å². The molecule has 0 fully saturated rings. The van der Waals surface area contributed by atoms with Crippen molar-refractivity contribution in [2.24, 2.45) is 0 Å². The van der Waals surface area contributed by atoms with Crippen LogP contribution < -0.4 is 5.56 Å². The number of benzene rings is 1. The third-order valence-corrected chi connectivity index (χ3v) is 5.19. The number of furan rings is 1. The maximum absolute atomic E-state index is 12.5. The summed E-state index contributed by atoms with van der Waals surface area (Å²) in [5, 5.41) is 1.11. The Hall–Kier alpha value is -2.08. The van der Waals surface area contributed by atoms with Gasteiger partial charge in [-0.05, 0) is 23.8 Å². The van der Waals surface area contributed by atoms with E-state index in [1.54, 1.807) is 24.5 Å². The molecule has 0 saturated carbocycles. The summed E-state index contributed by atoms with van der Waals surface area (Å²) in [6.45, 7) is 1.96. The Morgan fingerprint density at radius 1 is 1.24 bits per heavy atom. The Balaban J connectivity index is 1.59. The number of aromatic nitrogens is 2. The van der Waals surface area contributed by atoms with E-state index in [1.807, 2.05) is 12.1 Å². The number of nitrogens with zero attached hydrogens (tertiary/aromatic N) is 2. The van der Waals surface area contributed by atoms with Gasteiger partial charge in [-0.25, -0.2) is 4.98 Å². The Bertz CT molecular complexity index is 967. The van der Waals surface area contributed by atoms with Crippen LogP contribution in [0.5, 0.6) is 0 Å². The molecule has 7 heteroatoms. The summed E-state index contributed by atoms with van der Waals surface area (Å²) in [5.41, 5.74) is 2.34. The molecule has 25 heavy (non-hydrogen) atoms. The average molecular weight is 376 g/mol. The van der Waals surface area contributed by atoms with E-state index < -0.39 is 0 Å². The van der Waals surface area contributed by atoms with Crippen LogP contribution in [-0.4, -0.2) is 21.4 Å². The van der Waals surface area contributed by atoms with Gasteiger partial charge in [-0.15, -0.1) is 0 Å². The van der Waals surface area contributed by atoms with Gasteiger partial charge in [-0.1, -0.05) is 35.3 Å². The number of rotatable bonds is 3. The van der Waals surface area contributed by atoms with E-state index in [0.29, 0.717) is 46.7 Å². The largest absolute Gasteiger partial charge is 0.461 e. The highest BCUT2D eigenvalue weighted by molar-refractivity contribution is 6.42. The first kappa shape index (κ1) is 16.4. The van der Waals surface area contributed by atoms with E-state index in [1.165, 1.54) is 0 Å². The van der Waals surface area contributed by atoms with Gasteiger partial charge in [0.15, 0.2) is 11.6 Å². The molecule has 2 aromatic heterocycles. The second-order valence-corrected chi connectivity index (χ2v) is 6.78. The Morgan fingerprint density at radius 2 is 2.12 bits per heavy atom. The maximum Gasteiger partial charge on any atom is 0.256 e. The number of halogens is 2. The number of fused-ring (bicyclic) bond motifs is 1. The summed E-state index contributed by atoms with van der Waals surface area (Å²) in [6, 6.07) is 9.15. The van der Waals surface area contributed by atoms with Crippen LogP contribution in [0.1, 0.15) is 16.8 Å². The lowest BCUT2D eigenvalue weighted by Crippen LogP contribution is -2.35. The van der Waals surface area contributed by atoms with Crippen LogP contribution in [0.4, 0.5) is 0 Å². The fraction of sp³-hybridized carbons (Fsp3) is 0.222. The SMILES string of the molecule is O=c1[nH]c(-c2ccco2)nc2c1CN(Cc1cccc(Cl)c1Cl)CC2. The fourth-order valence-electron chi connectivity index (χ4n) is 3.06. The van der Waals surface area contributed by atoms with Crippen molar-refractivity contribution in [2.45, 2.75) is 19.5 Å². The molecule has 0 aliphatic carbocycles. The van der Waals surface area contributed by atoms with Crippen molar-refractivity contribution in [3.8, 4) is 11.6 Å². The highest BCUT2D eigenvalue weighted by atomic mass is 35.5. The van der Waals surface area contributed by atoms with Crippen molar-refractivity contribution >= 4 is 23.2 Å². The minimum Gasteiger partial charge on any atom is -0.461 e.